The number of unbranched alkanes of at least 4 members (excludes halogenated alkanes) is 1. The molecule has 0 atom stereocenters. The molecule has 29 heavy (non-hydrogen) atoms. The summed E-state index contributed by atoms with van der Waals surface area (Å²) < 4.78 is 8.46. The lowest BCUT2D eigenvalue weighted by Crippen LogP contribution is -2.24. The molecule has 1 fully saturated rings. The molecule has 154 valence electrons. The van der Waals surface area contributed by atoms with Gasteiger partial charge in [-0.25, -0.2) is 4.79 Å². The van der Waals surface area contributed by atoms with Gasteiger partial charge in [0.05, 0.1) is 17.6 Å². The van der Waals surface area contributed by atoms with Gasteiger partial charge >= 0.3 is 5.97 Å². The first-order valence-corrected chi connectivity index (χ1v) is 11.3. The van der Waals surface area contributed by atoms with Gasteiger partial charge in [0.1, 0.15) is 5.60 Å². The molecule has 0 radical (unpaired) electrons. The number of hydrogen-bond acceptors (Lipinski definition) is 6. The van der Waals surface area contributed by atoms with Gasteiger partial charge in [-0.15, -0.1) is 5.10 Å². The minimum atomic E-state index is -0.537. The van der Waals surface area contributed by atoms with Crippen LogP contribution in [-0.4, -0.2) is 36.8 Å². The van der Waals surface area contributed by atoms with Crippen LogP contribution in [-0.2, 0) is 24.1 Å². The van der Waals surface area contributed by atoms with E-state index in [9.17, 15) is 4.79 Å². The van der Waals surface area contributed by atoms with E-state index >= 15 is 0 Å². The van der Waals surface area contributed by atoms with Crippen molar-refractivity contribution in [1.29, 1.82) is 0 Å². The molecular weight excluding hydrogens is 481 g/mol. The zero-order valence-corrected chi connectivity index (χ0v) is 19.3. The van der Waals surface area contributed by atoms with Gasteiger partial charge in [0.25, 0.3) is 0 Å². The van der Waals surface area contributed by atoms with Crippen molar-refractivity contribution in [3.63, 3.8) is 0 Å². The van der Waals surface area contributed by atoms with Gasteiger partial charge in [-0.2, -0.15) is 10.2 Å². The molecule has 0 saturated heterocycles. The fraction of sp³-hybridized carbons (Fsp3) is 0.571. The monoisotopic (exact) mass is 507 g/mol. The highest BCUT2D eigenvalue weighted by Crippen LogP contribution is 2.49. The lowest BCUT2D eigenvalue weighted by Gasteiger charge is -2.18. The highest BCUT2D eigenvalue weighted by Gasteiger charge is 2.34. The second-order valence-electron chi connectivity index (χ2n) is 8.79. The first-order chi connectivity index (χ1) is 13.8. The fourth-order valence-electron chi connectivity index (χ4n) is 3.56. The molecule has 2 aliphatic carbocycles. The lowest BCUT2D eigenvalue weighted by molar-refractivity contribution is 0.00627. The Morgan fingerprint density at radius 1 is 1.24 bits per heavy atom. The van der Waals surface area contributed by atoms with Gasteiger partial charge in [-0.1, -0.05) is 5.21 Å². The zero-order valence-electron chi connectivity index (χ0n) is 17.1. The molecule has 0 unspecified atom stereocenters. The summed E-state index contributed by atoms with van der Waals surface area (Å²) in [4.78, 5) is 12.0. The molecule has 2 heterocycles. The molecule has 0 spiro atoms. The Balaban J connectivity index is 1.28. The third-order valence-electron chi connectivity index (χ3n) is 5.03. The molecule has 7 nitrogen and oxygen atoms in total. The van der Waals surface area contributed by atoms with E-state index in [4.69, 9.17) is 4.74 Å². The van der Waals surface area contributed by atoms with E-state index < -0.39 is 11.6 Å². The van der Waals surface area contributed by atoms with Crippen LogP contribution in [0.3, 0.4) is 0 Å². The maximum Gasteiger partial charge on any atom is 0.361 e. The van der Waals surface area contributed by atoms with Crippen LogP contribution in [0.4, 0.5) is 0 Å². The number of halogens is 1. The Bertz CT molecular complexity index is 956. The zero-order chi connectivity index (χ0) is 20.6. The summed E-state index contributed by atoms with van der Waals surface area (Å²) in [5.74, 6) is 0.304. The average Bonchev–Trinajstić information content (AvgIpc) is 3.25. The normalized spacial score (nSPS) is 16.3. The molecule has 0 aromatic carbocycles. The molecule has 2 aromatic rings. The topological polar surface area (TPSA) is 82.8 Å². The number of hydrogen-bond donors (Lipinski definition) is 0. The van der Waals surface area contributed by atoms with E-state index in [0.29, 0.717) is 6.54 Å². The Kier molecular flexibility index (Phi) is 5.72. The third-order valence-corrected chi connectivity index (χ3v) is 5.99. The van der Waals surface area contributed by atoms with Crippen molar-refractivity contribution >= 4 is 34.1 Å². The summed E-state index contributed by atoms with van der Waals surface area (Å²) in [6.45, 7) is 6.21. The van der Waals surface area contributed by atoms with Crippen LogP contribution in [0, 0.1) is 5.92 Å². The first-order valence-electron chi connectivity index (χ1n) is 10.2. The van der Waals surface area contributed by atoms with Gasteiger partial charge in [-0.05, 0) is 93.0 Å². The molecule has 2 aromatic heterocycles. The van der Waals surface area contributed by atoms with E-state index in [1.165, 1.54) is 27.6 Å². The van der Waals surface area contributed by atoms with Crippen LogP contribution in [0.2, 0.25) is 0 Å². The third kappa shape index (κ3) is 5.02. The highest BCUT2D eigenvalue weighted by molar-refractivity contribution is 14.1. The molecule has 0 aliphatic heterocycles. The van der Waals surface area contributed by atoms with E-state index in [-0.39, 0.29) is 5.69 Å². The highest BCUT2D eigenvalue weighted by atomic mass is 127. The number of aromatic nitrogens is 5. The number of nitrogens with zero attached hydrogens (tertiary/aromatic N) is 5. The van der Waals surface area contributed by atoms with Crippen LogP contribution in [0.1, 0.15) is 73.9 Å². The number of ether oxygens (including phenoxy) is 1. The van der Waals surface area contributed by atoms with E-state index in [0.717, 1.165) is 43.0 Å². The standard InChI is InChI=1S/C21H26IN5O2/c1-21(2,3)29-20(28)18-12-27(26-25-18)9-5-4-6-14-10-15-17(24-23-14)11-16(22)19(15)13-7-8-13/h10,12-13H,4-9,11H2,1-3H3. The molecule has 0 N–H and O–H groups in total. The van der Waals surface area contributed by atoms with Gasteiger partial charge in [0, 0.05) is 22.1 Å². The van der Waals surface area contributed by atoms with Gasteiger partial charge < -0.3 is 4.74 Å². The van der Waals surface area contributed by atoms with Gasteiger partial charge in [0.2, 0.25) is 0 Å². The summed E-state index contributed by atoms with van der Waals surface area (Å²) in [6.07, 6.45) is 8.01. The van der Waals surface area contributed by atoms with Crippen LogP contribution < -0.4 is 0 Å². The molecule has 8 heteroatoms. The van der Waals surface area contributed by atoms with Crippen molar-refractivity contribution in [2.24, 2.45) is 5.92 Å². The quantitative estimate of drug-likeness (QED) is 0.318. The van der Waals surface area contributed by atoms with Crippen LogP contribution in [0.15, 0.2) is 15.8 Å². The predicted molar refractivity (Wildman–Crippen MR) is 118 cm³/mol. The number of carbonyl (C=O) groups excluding carboxylic acids is 1. The summed E-state index contributed by atoms with van der Waals surface area (Å²) in [5.41, 5.74) is 4.76. The minimum Gasteiger partial charge on any atom is -0.455 e. The van der Waals surface area contributed by atoms with Crippen LogP contribution in [0.5, 0.6) is 0 Å². The summed E-state index contributed by atoms with van der Waals surface area (Å²) in [7, 11) is 0. The number of esters is 1. The van der Waals surface area contributed by atoms with Crippen molar-refractivity contribution in [3.05, 3.63) is 38.5 Å². The Morgan fingerprint density at radius 3 is 2.76 bits per heavy atom. The lowest BCUT2D eigenvalue weighted by atomic mass is 10.0. The minimum absolute atomic E-state index is 0.249. The van der Waals surface area contributed by atoms with E-state index in [1.807, 2.05) is 20.8 Å². The van der Waals surface area contributed by atoms with Crippen molar-refractivity contribution < 1.29 is 9.53 Å². The number of fused-ring (bicyclic) bond motifs is 1. The summed E-state index contributed by atoms with van der Waals surface area (Å²) in [5, 5.41) is 16.9. The maximum atomic E-state index is 12.0. The van der Waals surface area contributed by atoms with E-state index in [1.54, 1.807) is 10.9 Å². The predicted octanol–water partition coefficient (Wildman–Crippen LogP) is 4.16. The molecule has 0 amide bonds. The SMILES string of the molecule is CC(C)(C)OC(=O)c1cn(CCCCc2cc3c(nn2)CC(I)=C3C2CC2)nn1. The maximum absolute atomic E-state index is 12.0. The van der Waals surface area contributed by atoms with Crippen LogP contribution in [0.25, 0.3) is 5.57 Å². The van der Waals surface area contributed by atoms with Crippen molar-refractivity contribution in [2.45, 2.75) is 71.4 Å². The summed E-state index contributed by atoms with van der Waals surface area (Å²) in [6, 6.07) is 2.25. The first kappa shape index (κ1) is 20.4. The molecule has 0 bridgehead atoms. The van der Waals surface area contributed by atoms with E-state index in [2.05, 4.69) is 49.2 Å². The number of aryl methyl sites for hydroxylation is 2. The summed E-state index contributed by atoms with van der Waals surface area (Å²) >= 11 is 2.47. The van der Waals surface area contributed by atoms with Gasteiger partial charge in [-0.3, -0.25) is 4.68 Å². The Labute approximate surface area is 184 Å². The largest absolute Gasteiger partial charge is 0.455 e. The smallest absolute Gasteiger partial charge is 0.361 e. The van der Waals surface area contributed by atoms with Crippen molar-refractivity contribution in [2.75, 3.05) is 0 Å². The Hall–Kier alpha value is -1.84. The van der Waals surface area contributed by atoms with Crippen molar-refractivity contribution in [1.82, 2.24) is 25.2 Å². The second-order valence-corrected chi connectivity index (χ2v) is 10.1. The Morgan fingerprint density at radius 2 is 2.03 bits per heavy atom. The molecule has 1 saturated carbocycles. The fourth-order valence-corrected chi connectivity index (χ4v) is 4.65. The number of rotatable bonds is 7. The van der Waals surface area contributed by atoms with Gasteiger partial charge in [0.15, 0.2) is 5.69 Å². The average molecular weight is 507 g/mol. The van der Waals surface area contributed by atoms with Crippen LogP contribution >= 0.6 is 22.6 Å². The number of allylic oxidation sites excluding steroid dienone is 2. The number of carbonyl (C=O) groups is 1. The van der Waals surface area contributed by atoms with Crippen molar-refractivity contribution in [3.8, 4) is 0 Å². The molecule has 2 aliphatic rings. The molecular formula is C21H26IN5O2. The second kappa shape index (κ2) is 8.12. The molecule has 4 rings (SSSR count).